The topological polar surface area (TPSA) is 20.3 Å². The third-order valence-electron chi connectivity index (χ3n) is 3.65. The maximum Gasteiger partial charge on any atom is 0.235 e. The molecule has 2 nitrogen and oxygen atoms in total. The van der Waals surface area contributed by atoms with Gasteiger partial charge in [-0.1, -0.05) is 24.6 Å². The Bertz CT molecular complexity index is 429. The fourth-order valence-electron chi connectivity index (χ4n) is 2.52. The molecule has 19 heavy (non-hydrogen) atoms. The van der Waals surface area contributed by atoms with Gasteiger partial charge in [-0.2, -0.15) is 0 Å². The van der Waals surface area contributed by atoms with Crippen molar-refractivity contribution >= 4 is 17.7 Å². The summed E-state index contributed by atoms with van der Waals surface area (Å²) in [6, 6.07) is 8.40. The highest BCUT2D eigenvalue weighted by Crippen LogP contribution is 2.26. The Morgan fingerprint density at radius 2 is 2.05 bits per heavy atom. The maximum atomic E-state index is 12.4. The van der Waals surface area contributed by atoms with Crippen LogP contribution in [0.3, 0.4) is 0 Å². The first-order valence-corrected chi connectivity index (χ1v) is 7.96. The zero-order valence-electron chi connectivity index (χ0n) is 12.1. The van der Waals surface area contributed by atoms with E-state index < -0.39 is 0 Å². The monoisotopic (exact) mass is 277 g/mol. The van der Waals surface area contributed by atoms with Gasteiger partial charge in [0.25, 0.3) is 0 Å². The van der Waals surface area contributed by atoms with Crippen molar-refractivity contribution in [2.45, 2.75) is 43.8 Å². The van der Waals surface area contributed by atoms with Crippen molar-refractivity contribution in [2.75, 3.05) is 13.1 Å². The molecule has 1 aromatic rings. The SMILES string of the molecule is Cc1ccc(S[C@H](C)C(=O)N2CCC[C@@H](C)C2)cc1. The number of thioether (sulfide) groups is 1. The molecule has 104 valence electrons. The highest BCUT2D eigenvalue weighted by molar-refractivity contribution is 8.00. The summed E-state index contributed by atoms with van der Waals surface area (Å²) in [5.74, 6) is 0.936. The van der Waals surface area contributed by atoms with Gasteiger partial charge in [0, 0.05) is 18.0 Å². The van der Waals surface area contributed by atoms with Gasteiger partial charge in [-0.15, -0.1) is 11.8 Å². The van der Waals surface area contributed by atoms with Gasteiger partial charge in [-0.05, 0) is 44.7 Å². The van der Waals surface area contributed by atoms with E-state index in [1.807, 2.05) is 11.8 Å². The van der Waals surface area contributed by atoms with Gasteiger partial charge in [-0.25, -0.2) is 0 Å². The summed E-state index contributed by atoms with van der Waals surface area (Å²) in [5.41, 5.74) is 1.26. The van der Waals surface area contributed by atoms with E-state index >= 15 is 0 Å². The van der Waals surface area contributed by atoms with Crippen molar-refractivity contribution < 1.29 is 4.79 Å². The molecule has 1 aliphatic heterocycles. The van der Waals surface area contributed by atoms with Gasteiger partial charge in [0.1, 0.15) is 0 Å². The summed E-state index contributed by atoms with van der Waals surface area (Å²) in [7, 11) is 0. The van der Waals surface area contributed by atoms with Crippen LogP contribution in [0.5, 0.6) is 0 Å². The Balaban J connectivity index is 1.93. The van der Waals surface area contributed by atoms with Crippen LogP contribution in [0.2, 0.25) is 0 Å². The van der Waals surface area contributed by atoms with Gasteiger partial charge in [0.2, 0.25) is 5.91 Å². The van der Waals surface area contributed by atoms with E-state index in [-0.39, 0.29) is 11.2 Å². The fourth-order valence-corrected chi connectivity index (χ4v) is 3.47. The molecule has 0 aliphatic carbocycles. The number of hydrogen-bond donors (Lipinski definition) is 0. The standard InChI is InChI=1S/C16H23NOS/c1-12-6-8-15(9-7-12)19-14(3)16(18)17-10-4-5-13(2)11-17/h6-9,13-14H,4-5,10-11H2,1-3H3/t13-,14-/m1/s1. The van der Waals surface area contributed by atoms with E-state index in [2.05, 4.69) is 38.1 Å². The molecule has 0 radical (unpaired) electrons. The number of benzene rings is 1. The highest BCUT2D eigenvalue weighted by Gasteiger charge is 2.25. The Morgan fingerprint density at radius 3 is 2.68 bits per heavy atom. The number of amides is 1. The normalized spacial score (nSPS) is 21.2. The minimum Gasteiger partial charge on any atom is -0.341 e. The maximum absolute atomic E-state index is 12.4. The largest absolute Gasteiger partial charge is 0.341 e. The number of aryl methyl sites for hydroxylation is 1. The molecule has 0 spiro atoms. The molecule has 1 aromatic carbocycles. The highest BCUT2D eigenvalue weighted by atomic mass is 32.2. The van der Waals surface area contributed by atoms with Crippen molar-refractivity contribution in [3.63, 3.8) is 0 Å². The molecule has 2 rings (SSSR count). The summed E-state index contributed by atoms with van der Waals surface area (Å²) < 4.78 is 0. The molecule has 0 bridgehead atoms. The lowest BCUT2D eigenvalue weighted by atomic mass is 10.0. The zero-order valence-corrected chi connectivity index (χ0v) is 12.9. The smallest absolute Gasteiger partial charge is 0.235 e. The van der Waals surface area contributed by atoms with Gasteiger partial charge in [-0.3, -0.25) is 4.79 Å². The molecule has 0 saturated carbocycles. The Morgan fingerprint density at radius 1 is 1.37 bits per heavy atom. The van der Waals surface area contributed by atoms with Crippen LogP contribution in [-0.2, 0) is 4.79 Å². The van der Waals surface area contributed by atoms with Crippen molar-refractivity contribution in [2.24, 2.45) is 5.92 Å². The van der Waals surface area contributed by atoms with Gasteiger partial charge < -0.3 is 4.90 Å². The minimum atomic E-state index is 0.00741. The first-order chi connectivity index (χ1) is 9.06. The Labute approximate surface area is 120 Å². The molecule has 1 fully saturated rings. The number of nitrogens with zero attached hydrogens (tertiary/aromatic N) is 1. The molecule has 1 aliphatic rings. The van der Waals surface area contributed by atoms with Gasteiger partial charge >= 0.3 is 0 Å². The lowest BCUT2D eigenvalue weighted by Gasteiger charge is -2.32. The lowest BCUT2D eigenvalue weighted by Crippen LogP contribution is -2.42. The summed E-state index contributed by atoms with van der Waals surface area (Å²) >= 11 is 1.66. The summed E-state index contributed by atoms with van der Waals surface area (Å²) in [6.45, 7) is 8.20. The second-order valence-corrected chi connectivity index (χ2v) is 7.02. The third-order valence-corrected chi connectivity index (χ3v) is 4.75. The molecule has 1 amide bonds. The molecule has 1 saturated heterocycles. The van der Waals surface area contributed by atoms with E-state index in [9.17, 15) is 4.79 Å². The number of likely N-dealkylation sites (tertiary alicyclic amines) is 1. The molecular formula is C16H23NOS. The van der Waals surface area contributed by atoms with E-state index in [1.54, 1.807) is 11.8 Å². The zero-order chi connectivity index (χ0) is 13.8. The number of piperidine rings is 1. The minimum absolute atomic E-state index is 0.00741. The second-order valence-electron chi connectivity index (χ2n) is 5.60. The number of carbonyl (C=O) groups excluding carboxylic acids is 1. The van der Waals surface area contributed by atoms with Crippen LogP contribution in [0.4, 0.5) is 0 Å². The van der Waals surface area contributed by atoms with E-state index in [0.29, 0.717) is 5.92 Å². The molecule has 0 N–H and O–H groups in total. The van der Waals surface area contributed by atoms with Gasteiger partial charge in [0.05, 0.1) is 5.25 Å². The van der Waals surface area contributed by atoms with Crippen molar-refractivity contribution in [3.05, 3.63) is 29.8 Å². The van der Waals surface area contributed by atoms with Crippen molar-refractivity contribution in [1.82, 2.24) is 4.90 Å². The molecule has 1 heterocycles. The molecule has 2 atom stereocenters. The number of hydrogen-bond acceptors (Lipinski definition) is 2. The van der Waals surface area contributed by atoms with E-state index in [0.717, 1.165) is 19.5 Å². The Hall–Kier alpha value is -0.960. The predicted molar refractivity (Wildman–Crippen MR) is 81.5 cm³/mol. The van der Waals surface area contributed by atoms with E-state index in [1.165, 1.54) is 16.9 Å². The van der Waals surface area contributed by atoms with Crippen LogP contribution in [0.25, 0.3) is 0 Å². The quantitative estimate of drug-likeness (QED) is 0.785. The molecule has 3 heteroatoms. The van der Waals surface area contributed by atoms with Gasteiger partial charge in [0.15, 0.2) is 0 Å². The third kappa shape index (κ3) is 4.00. The van der Waals surface area contributed by atoms with Crippen LogP contribution in [0.15, 0.2) is 29.2 Å². The first kappa shape index (κ1) is 14.4. The lowest BCUT2D eigenvalue weighted by molar-refractivity contribution is -0.131. The summed E-state index contributed by atoms with van der Waals surface area (Å²) in [4.78, 5) is 15.6. The second kappa shape index (κ2) is 6.47. The van der Waals surface area contributed by atoms with Crippen molar-refractivity contribution in [3.8, 4) is 0 Å². The first-order valence-electron chi connectivity index (χ1n) is 7.08. The average Bonchev–Trinajstić information content (AvgIpc) is 2.40. The number of carbonyl (C=O) groups is 1. The van der Waals surface area contributed by atoms with Crippen LogP contribution in [0.1, 0.15) is 32.3 Å². The number of rotatable bonds is 3. The summed E-state index contributed by atoms with van der Waals surface area (Å²) in [5, 5.41) is 0.00741. The molecule has 0 unspecified atom stereocenters. The average molecular weight is 277 g/mol. The van der Waals surface area contributed by atoms with Crippen LogP contribution in [0, 0.1) is 12.8 Å². The van der Waals surface area contributed by atoms with Crippen LogP contribution < -0.4 is 0 Å². The van der Waals surface area contributed by atoms with Crippen LogP contribution >= 0.6 is 11.8 Å². The molecular weight excluding hydrogens is 254 g/mol. The summed E-state index contributed by atoms with van der Waals surface area (Å²) in [6.07, 6.45) is 2.40. The molecule has 0 aromatic heterocycles. The Kier molecular flexibility index (Phi) is 4.92. The van der Waals surface area contributed by atoms with E-state index in [4.69, 9.17) is 0 Å². The predicted octanol–water partition coefficient (Wildman–Crippen LogP) is 3.73. The van der Waals surface area contributed by atoms with Crippen molar-refractivity contribution in [1.29, 1.82) is 0 Å². The fraction of sp³-hybridized carbons (Fsp3) is 0.562. The van der Waals surface area contributed by atoms with Crippen LogP contribution in [-0.4, -0.2) is 29.1 Å².